The second-order valence-corrected chi connectivity index (χ2v) is 7.20. The van der Waals surface area contributed by atoms with Gasteiger partial charge in [0.1, 0.15) is 5.75 Å². The summed E-state index contributed by atoms with van der Waals surface area (Å²) in [6, 6.07) is 4.80. The largest absolute Gasteiger partial charge is 0.573 e. The van der Waals surface area contributed by atoms with Crippen LogP contribution in [0.4, 0.5) is 18.9 Å². The molecule has 5 nitrogen and oxygen atoms in total. The van der Waals surface area contributed by atoms with Crippen molar-refractivity contribution in [3.8, 4) is 5.75 Å². The predicted molar refractivity (Wildman–Crippen MR) is 81.7 cm³/mol. The van der Waals surface area contributed by atoms with Crippen LogP contribution in [-0.2, 0) is 14.3 Å². The number of halogens is 3. The molecule has 1 N–H and O–H groups in total. The number of benzene rings is 1. The molecule has 1 aliphatic carbocycles. The molecule has 0 aromatic heterocycles. The third-order valence-corrected chi connectivity index (χ3v) is 5.80. The van der Waals surface area contributed by atoms with Crippen LogP contribution < -0.4 is 10.1 Å². The fourth-order valence-corrected chi connectivity index (χ4v) is 3.72. The predicted octanol–water partition coefficient (Wildman–Crippen LogP) is 3.65. The Morgan fingerprint density at radius 1 is 1.16 bits per heavy atom. The van der Waals surface area contributed by atoms with Crippen molar-refractivity contribution < 1.29 is 32.2 Å². The second kappa shape index (κ2) is 5.12. The van der Waals surface area contributed by atoms with Gasteiger partial charge in [0.15, 0.2) is 5.60 Å². The van der Waals surface area contributed by atoms with Gasteiger partial charge in [-0.15, -0.1) is 13.2 Å². The van der Waals surface area contributed by atoms with Crippen LogP contribution in [0, 0.1) is 10.8 Å². The van der Waals surface area contributed by atoms with Gasteiger partial charge in [0, 0.05) is 11.1 Å². The fourth-order valence-electron chi connectivity index (χ4n) is 3.72. The lowest BCUT2D eigenvalue weighted by molar-refractivity contribution is -0.274. The number of esters is 1. The van der Waals surface area contributed by atoms with Gasteiger partial charge in [-0.25, -0.2) is 0 Å². The maximum absolute atomic E-state index is 12.8. The van der Waals surface area contributed by atoms with E-state index in [0.717, 1.165) is 12.1 Å². The fraction of sp³-hybridized carbons (Fsp3) is 0.529. The first-order chi connectivity index (χ1) is 11.4. The molecule has 1 aromatic carbocycles. The summed E-state index contributed by atoms with van der Waals surface area (Å²) < 4.78 is 45.8. The second-order valence-electron chi connectivity index (χ2n) is 7.20. The molecule has 0 spiro atoms. The van der Waals surface area contributed by atoms with Crippen LogP contribution in [0.3, 0.4) is 0 Å². The molecule has 1 saturated carbocycles. The van der Waals surface area contributed by atoms with Gasteiger partial charge < -0.3 is 14.8 Å². The molecule has 0 unspecified atom stereocenters. The molecule has 1 aromatic rings. The molecule has 1 saturated heterocycles. The van der Waals surface area contributed by atoms with Crippen LogP contribution in [-0.4, -0.2) is 23.8 Å². The molecule has 1 heterocycles. The highest BCUT2D eigenvalue weighted by Gasteiger charge is 2.75. The molecule has 25 heavy (non-hydrogen) atoms. The molecular weight excluding hydrogens is 339 g/mol. The number of amides is 1. The zero-order valence-electron chi connectivity index (χ0n) is 14.0. The summed E-state index contributed by atoms with van der Waals surface area (Å²) in [7, 11) is 0. The molecule has 2 fully saturated rings. The first-order valence-corrected chi connectivity index (χ1v) is 7.82. The molecule has 1 aliphatic heterocycles. The number of fused-ring (bicyclic) bond motifs is 2. The lowest BCUT2D eigenvalue weighted by Gasteiger charge is -2.35. The van der Waals surface area contributed by atoms with Crippen molar-refractivity contribution in [2.45, 2.75) is 45.6 Å². The minimum Gasteiger partial charge on any atom is -0.448 e. The molecule has 136 valence electrons. The maximum atomic E-state index is 12.8. The number of carbonyl (C=O) groups excluding carboxylic acids is 2. The summed E-state index contributed by atoms with van der Waals surface area (Å²) in [5.41, 5.74) is -2.41. The summed E-state index contributed by atoms with van der Waals surface area (Å²) in [5.74, 6) is -1.26. The van der Waals surface area contributed by atoms with Crippen LogP contribution in [0.15, 0.2) is 24.3 Å². The Labute approximate surface area is 142 Å². The van der Waals surface area contributed by atoms with E-state index in [1.165, 1.54) is 12.1 Å². The topological polar surface area (TPSA) is 64.6 Å². The van der Waals surface area contributed by atoms with Crippen molar-refractivity contribution >= 4 is 17.6 Å². The van der Waals surface area contributed by atoms with E-state index in [2.05, 4.69) is 10.1 Å². The summed E-state index contributed by atoms with van der Waals surface area (Å²) in [6.45, 7) is 5.44. The average Bonchev–Trinajstić information content (AvgIpc) is 2.78. The van der Waals surface area contributed by atoms with Crippen molar-refractivity contribution in [3.63, 3.8) is 0 Å². The quantitative estimate of drug-likeness (QED) is 0.839. The molecular formula is C17H18F3NO4. The third-order valence-electron chi connectivity index (χ3n) is 5.80. The Kier molecular flexibility index (Phi) is 3.60. The summed E-state index contributed by atoms with van der Waals surface area (Å²) in [4.78, 5) is 25.0. The number of alkyl halides is 3. The molecule has 2 bridgehead atoms. The van der Waals surface area contributed by atoms with Gasteiger partial charge in [-0.05, 0) is 44.0 Å². The molecule has 1 amide bonds. The first kappa shape index (κ1) is 17.6. The van der Waals surface area contributed by atoms with Gasteiger partial charge in [-0.2, -0.15) is 0 Å². The normalized spacial score (nSPS) is 30.1. The number of hydrogen-bond donors (Lipinski definition) is 1. The Morgan fingerprint density at radius 2 is 1.76 bits per heavy atom. The number of hydrogen-bond acceptors (Lipinski definition) is 4. The maximum Gasteiger partial charge on any atom is 0.573 e. The number of ether oxygens (including phenoxy) is 2. The summed E-state index contributed by atoms with van der Waals surface area (Å²) in [5, 5.41) is 2.63. The average molecular weight is 357 g/mol. The monoisotopic (exact) mass is 357 g/mol. The van der Waals surface area contributed by atoms with Gasteiger partial charge in [0.05, 0.1) is 5.41 Å². The van der Waals surface area contributed by atoms with Crippen LogP contribution in [0.25, 0.3) is 0 Å². The van der Waals surface area contributed by atoms with Gasteiger partial charge in [-0.1, -0.05) is 13.8 Å². The van der Waals surface area contributed by atoms with Gasteiger partial charge in [0.2, 0.25) is 0 Å². The van der Waals surface area contributed by atoms with E-state index >= 15 is 0 Å². The van der Waals surface area contributed by atoms with Crippen molar-refractivity contribution in [1.82, 2.24) is 0 Å². The van der Waals surface area contributed by atoms with Crippen molar-refractivity contribution in [1.29, 1.82) is 0 Å². The SMILES string of the molecule is CC1(C)[C@]2(C)CC[C@]1(C(=O)Nc1ccc(OC(F)(F)F)cc1)OC2=O. The smallest absolute Gasteiger partial charge is 0.448 e. The summed E-state index contributed by atoms with van der Waals surface area (Å²) in [6.07, 6.45) is -3.83. The first-order valence-electron chi connectivity index (χ1n) is 7.82. The van der Waals surface area contributed by atoms with E-state index in [-0.39, 0.29) is 5.75 Å². The Bertz CT molecular complexity index is 728. The molecule has 3 rings (SSSR count). The van der Waals surface area contributed by atoms with Crippen molar-refractivity contribution in [3.05, 3.63) is 24.3 Å². The standard InChI is InChI=1S/C17H18F3NO4/c1-14(2)15(3)8-9-16(14,25-13(15)23)12(22)21-10-4-6-11(7-5-10)24-17(18,19)20/h4-7H,8-9H2,1-3H3,(H,21,22)/t15-,16-/m1/s1. The summed E-state index contributed by atoms with van der Waals surface area (Å²) >= 11 is 0. The third kappa shape index (κ3) is 2.46. The van der Waals surface area contributed by atoms with Gasteiger partial charge in [-0.3, -0.25) is 9.59 Å². The number of nitrogens with one attached hydrogen (secondary N) is 1. The van der Waals surface area contributed by atoms with E-state index in [0.29, 0.717) is 18.5 Å². The number of carbonyl (C=O) groups is 2. The molecule has 2 aliphatic rings. The molecule has 2 atom stereocenters. The Morgan fingerprint density at radius 3 is 2.20 bits per heavy atom. The lowest BCUT2D eigenvalue weighted by atomic mass is 9.66. The van der Waals surface area contributed by atoms with Gasteiger partial charge >= 0.3 is 12.3 Å². The lowest BCUT2D eigenvalue weighted by Crippen LogP contribution is -2.50. The number of anilines is 1. The minimum absolute atomic E-state index is 0.293. The van der Waals surface area contributed by atoms with Crippen LogP contribution in [0.2, 0.25) is 0 Å². The Balaban J connectivity index is 1.78. The van der Waals surface area contributed by atoms with E-state index in [4.69, 9.17) is 4.74 Å². The van der Waals surface area contributed by atoms with E-state index in [1.54, 1.807) is 6.92 Å². The van der Waals surface area contributed by atoms with Crippen LogP contribution in [0.1, 0.15) is 33.6 Å². The van der Waals surface area contributed by atoms with Crippen molar-refractivity contribution in [2.75, 3.05) is 5.32 Å². The van der Waals surface area contributed by atoms with E-state index in [1.807, 2.05) is 13.8 Å². The minimum atomic E-state index is -4.78. The highest BCUT2D eigenvalue weighted by Crippen LogP contribution is 2.65. The van der Waals surface area contributed by atoms with Crippen LogP contribution in [0.5, 0.6) is 5.75 Å². The number of rotatable bonds is 3. The van der Waals surface area contributed by atoms with E-state index in [9.17, 15) is 22.8 Å². The molecule has 8 heteroatoms. The highest BCUT2D eigenvalue weighted by molar-refractivity contribution is 6.03. The van der Waals surface area contributed by atoms with Gasteiger partial charge in [0.25, 0.3) is 5.91 Å². The Hall–Kier alpha value is -2.25. The zero-order chi connectivity index (χ0) is 18.7. The zero-order valence-corrected chi connectivity index (χ0v) is 14.0. The molecule has 0 radical (unpaired) electrons. The van der Waals surface area contributed by atoms with Crippen LogP contribution >= 0.6 is 0 Å². The highest BCUT2D eigenvalue weighted by atomic mass is 19.4. The van der Waals surface area contributed by atoms with Crippen molar-refractivity contribution in [2.24, 2.45) is 10.8 Å². The van der Waals surface area contributed by atoms with E-state index < -0.39 is 34.7 Å².